The summed E-state index contributed by atoms with van der Waals surface area (Å²) >= 11 is 0. The van der Waals surface area contributed by atoms with Gasteiger partial charge in [-0.15, -0.1) is 0 Å². The molecule has 0 aliphatic heterocycles. The van der Waals surface area contributed by atoms with Gasteiger partial charge in [0.1, 0.15) is 6.04 Å². The largest absolute Gasteiger partial charge is 0.349 e. The van der Waals surface area contributed by atoms with E-state index in [1.165, 1.54) is 12.8 Å². The van der Waals surface area contributed by atoms with Crippen molar-refractivity contribution in [2.24, 2.45) is 5.73 Å². The highest BCUT2D eigenvalue weighted by Gasteiger charge is 2.31. The Balaban J connectivity index is 2.01. The van der Waals surface area contributed by atoms with E-state index in [0.29, 0.717) is 0 Å². The number of carbonyl (C=O) groups is 1. The highest BCUT2D eigenvalue weighted by molar-refractivity contribution is 5.83. The zero-order valence-electron chi connectivity index (χ0n) is 10.3. The Labute approximate surface area is 102 Å². The standard InChI is InChI=1S/C14H20N2O/c1-14(9-5-6-10-14)16-13(17)12(15)11-7-3-2-4-8-11/h2-4,7-8,12H,5-6,9-10,15H2,1H3,(H,16,17)/t12-/m1/s1. The summed E-state index contributed by atoms with van der Waals surface area (Å²) in [5, 5.41) is 3.09. The molecule has 92 valence electrons. The molecule has 17 heavy (non-hydrogen) atoms. The van der Waals surface area contributed by atoms with Gasteiger partial charge in [-0.25, -0.2) is 0 Å². The topological polar surface area (TPSA) is 55.1 Å². The first-order valence-electron chi connectivity index (χ1n) is 6.23. The quantitative estimate of drug-likeness (QED) is 0.839. The first-order valence-corrected chi connectivity index (χ1v) is 6.23. The first kappa shape index (κ1) is 12.1. The van der Waals surface area contributed by atoms with E-state index in [2.05, 4.69) is 12.2 Å². The van der Waals surface area contributed by atoms with Crippen LogP contribution >= 0.6 is 0 Å². The van der Waals surface area contributed by atoms with Gasteiger partial charge in [0.2, 0.25) is 5.91 Å². The smallest absolute Gasteiger partial charge is 0.241 e. The molecule has 0 spiro atoms. The molecule has 1 aromatic carbocycles. The Kier molecular flexibility index (Phi) is 3.48. The number of hydrogen-bond donors (Lipinski definition) is 2. The van der Waals surface area contributed by atoms with E-state index in [9.17, 15) is 4.79 Å². The van der Waals surface area contributed by atoms with Gasteiger partial charge in [0.05, 0.1) is 0 Å². The number of carbonyl (C=O) groups excluding carboxylic acids is 1. The monoisotopic (exact) mass is 232 g/mol. The molecule has 3 N–H and O–H groups in total. The summed E-state index contributed by atoms with van der Waals surface area (Å²) in [6.45, 7) is 2.11. The number of benzene rings is 1. The van der Waals surface area contributed by atoms with Gasteiger partial charge in [-0.05, 0) is 25.3 Å². The minimum atomic E-state index is -0.561. The minimum absolute atomic E-state index is 0.0521. The highest BCUT2D eigenvalue weighted by Crippen LogP contribution is 2.29. The van der Waals surface area contributed by atoms with E-state index >= 15 is 0 Å². The van der Waals surface area contributed by atoms with E-state index in [-0.39, 0.29) is 11.4 Å². The molecule has 1 fully saturated rings. The van der Waals surface area contributed by atoms with Crippen LogP contribution in [-0.4, -0.2) is 11.4 Å². The van der Waals surface area contributed by atoms with Crippen molar-refractivity contribution >= 4 is 5.91 Å². The lowest BCUT2D eigenvalue weighted by Gasteiger charge is -2.27. The Hall–Kier alpha value is -1.35. The van der Waals surface area contributed by atoms with Crippen molar-refractivity contribution in [2.75, 3.05) is 0 Å². The summed E-state index contributed by atoms with van der Waals surface area (Å²) in [4.78, 5) is 12.1. The molecule has 1 aliphatic carbocycles. The average molecular weight is 232 g/mol. The third-order valence-corrected chi connectivity index (χ3v) is 3.57. The average Bonchev–Trinajstić information content (AvgIpc) is 2.76. The van der Waals surface area contributed by atoms with Crippen LogP contribution < -0.4 is 11.1 Å². The molecule has 0 bridgehead atoms. The van der Waals surface area contributed by atoms with Crippen LogP contribution in [0.4, 0.5) is 0 Å². The first-order chi connectivity index (χ1) is 8.11. The fraction of sp³-hybridized carbons (Fsp3) is 0.500. The SMILES string of the molecule is CC1(NC(=O)[C@H](N)c2ccccc2)CCCC1. The summed E-state index contributed by atoms with van der Waals surface area (Å²) in [6.07, 6.45) is 4.50. The van der Waals surface area contributed by atoms with E-state index in [1.807, 2.05) is 30.3 Å². The van der Waals surface area contributed by atoms with Crippen molar-refractivity contribution < 1.29 is 4.79 Å². The zero-order valence-corrected chi connectivity index (χ0v) is 10.3. The van der Waals surface area contributed by atoms with Crippen LogP contribution in [-0.2, 0) is 4.79 Å². The predicted octanol–water partition coefficient (Wildman–Crippen LogP) is 2.14. The van der Waals surface area contributed by atoms with E-state index in [1.54, 1.807) is 0 Å². The normalized spacial score (nSPS) is 19.9. The molecular weight excluding hydrogens is 212 g/mol. The van der Waals surface area contributed by atoms with Crippen molar-refractivity contribution in [3.05, 3.63) is 35.9 Å². The molecule has 0 radical (unpaired) electrons. The van der Waals surface area contributed by atoms with E-state index < -0.39 is 6.04 Å². The molecule has 0 heterocycles. The fourth-order valence-corrected chi connectivity index (χ4v) is 2.47. The van der Waals surface area contributed by atoms with E-state index in [4.69, 9.17) is 5.73 Å². The molecule has 0 aromatic heterocycles. The van der Waals surface area contributed by atoms with Gasteiger partial charge in [-0.2, -0.15) is 0 Å². The zero-order chi connectivity index (χ0) is 12.3. The van der Waals surface area contributed by atoms with Crippen LogP contribution in [0.1, 0.15) is 44.2 Å². The van der Waals surface area contributed by atoms with Crippen LogP contribution in [0.3, 0.4) is 0 Å². The molecule has 0 unspecified atom stereocenters. The maximum atomic E-state index is 12.1. The van der Waals surface area contributed by atoms with Gasteiger partial charge < -0.3 is 11.1 Å². The molecule has 1 amide bonds. The summed E-state index contributed by atoms with van der Waals surface area (Å²) in [6, 6.07) is 8.95. The number of hydrogen-bond acceptors (Lipinski definition) is 2. The summed E-state index contributed by atoms with van der Waals surface area (Å²) in [7, 11) is 0. The Morgan fingerprint density at radius 1 is 1.29 bits per heavy atom. The molecule has 1 atom stereocenters. The number of amides is 1. The van der Waals surface area contributed by atoms with Crippen LogP contribution in [0.25, 0.3) is 0 Å². The van der Waals surface area contributed by atoms with Gasteiger partial charge in [0, 0.05) is 5.54 Å². The maximum absolute atomic E-state index is 12.1. The number of rotatable bonds is 3. The van der Waals surface area contributed by atoms with Crippen LogP contribution in [0.5, 0.6) is 0 Å². The third-order valence-electron chi connectivity index (χ3n) is 3.57. The lowest BCUT2D eigenvalue weighted by Crippen LogP contribution is -2.47. The second-order valence-electron chi connectivity index (χ2n) is 5.15. The van der Waals surface area contributed by atoms with Crippen molar-refractivity contribution in [3.63, 3.8) is 0 Å². The van der Waals surface area contributed by atoms with Crippen LogP contribution in [0.2, 0.25) is 0 Å². The minimum Gasteiger partial charge on any atom is -0.349 e. The summed E-state index contributed by atoms with van der Waals surface area (Å²) < 4.78 is 0. The van der Waals surface area contributed by atoms with Gasteiger partial charge in [0.15, 0.2) is 0 Å². The number of nitrogens with two attached hydrogens (primary N) is 1. The number of nitrogens with one attached hydrogen (secondary N) is 1. The Bertz CT molecular complexity index is 382. The maximum Gasteiger partial charge on any atom is 0.241 e. The molecule has 3 nitrogen and oxygen atoms in total. The lowest BCUT2D eigenvalue weighted by atomic mass is 9.99. The molecule has 2 rings (SSSR count). The molecule has 3 heteroatoms. The van der Waals surface area contributed by atoms with Gasteiger partial charge >= 0.3 is 0 Å². The summed E-state index contributed by atoms with van der Waals surface area (Å²) in [5.74, 6) is -0.0689. The molecule has 0 saturated heterocycles. The second kappa shape index (κ2) is 4.88. The predicted molar refractivity (Wildman–Crippen MR) is 68.4 cm³/mol. The molecule has 1 saturated carbocycles. The van der Waals surface area contributed by atoms with Crippen molar-refractivity contribution in [1.29, 1.82) is 0 Å². The highest BCUT2D eigenvalue weighted by atomic mass is 16.2. The lowest BCUT2D eigenvalue weighted by molar-refractivity contribution is -0.124. The van der Waals surface area contributed by atoms with Crippen molar-refractivity contribution in [3.8, 4) is 0 Å². The van der Waals surface area contributed by atoms with Crippen LogP contribution in [0, 0.1) is 0 Å². The van der Waals surface area contributed by atoms with Gasteiger partial charge in [-0.3, -0.25) is 4.79 Å². The molecule has 1 aliphatic rings. The third kappa shape index (κ3) is 2.86. The Morgan fingerprint density at radius 3 is 2.47 bits per heavy atom. The Morgan fingerprint density at radius 2 is 1.88 bits per heavy atom. The van der Waals surface area contributed by atoms with Crippen molar-refractivity contribution in [1.82, 2.24) is 5.32 Å². The van der Waals surface area contributed by atoms with Crippen molar-refractivity contribution in [2.45, 2.75) is 44.2 Å². The fourth-order valence-electron chi connectivity index (χ4n) is 2.47. The van der Waals surface area contributed by atoms with Gasteiger partial charge in [-0.1, -0.05) is 43.2 Å². The summed E-state index contributed by atoms with van der Waals surface area (Å²) in [5.41, 5.74) is 6.78. The van der Waals surface area contributed by atoms with Crippen LogP contribution in [0.15, 0.2) is 30.3 Å². The molecule has 1 aromatic rings. The second-order valence-corrected chi connectivity index (χ2v) is 5.15. The van der Waals surface area contributed by atoms with E-state index in [0.717, 1.165) is 18.4 Å². The molecular formula is C14H20N2O. The van der Waals surface area contributed by atoms with Gasteiger partial charge in [0.25, 0.3) is 0 Å².